The van der Waals surface area contributed by atoms with E-state index in [1.165, 1.54) is 19.2 Å². The van der Waals surface area contributed by atoms with E-state index < -0.39 is 0 Å². The summed E-state index contributed by atoms with van der Waals surface area (Å²) in [5.74, 6) is -0.320. The van der Waals surface area contributed by atoms with Crippen molar-refractivity contribution >= 4 is 17.5 Å². The van der Waals surface area contributed by atoms with Gasteiger partial charge in [0.1, 0.15) is 5.69 Å². The molecule has 7 heteroatoms. The van der Waals surface area contributed by atoms with Crippen molar-refractivity contribution in [2.24, 2.45) is 7.05 Å². The van der Waals surface area contributed by atoms with Crippen molar-refractivity contribution in [1.29, 1.82) is 0 Å². The van der Waals surface area contributed by atoms with Gasteiger partial charge in [0.05, 0.1) is 6.04 Å². The Labute approximate surface area is 152 Å². The van der Waals surface area contributed by atoms with E-state index in [0.717, 1.165) is 23.3 Å². The molecule has 2 aromatic rings. The monoisotopic (exact) mass is 362 g/mol. The highest BCUT2D eigenvalue weighted by atomic mass is 35.5. The summed E-state index contributed by atoms with van der Waals surface area (Å²) in [5, 5.41) is 7.56. The van der Waals surface area contributed by atoms with Crippen molar-refractivity contribution in [2.75, 3.05) is 19.6 Å². The number of aryl methyl sites for hydroxylation is 1. The molecule has 1 heterocycles. The van der Waals surface area contributed by atoms with Crippen LogP contribution in [-0.4, -0.2) is 40.2 Å². The van der Waals surface area contributed by atoms with E-state index in [1.54, 1.807) is 0 Å². The lowest BCUT2D eigenvalue weighted by Gasteiger charge is -2.30. The molecule has 0 aliphatic carbocycles. The fraction of sp³-hybridized carbons (Fsp3) is 0.389. The van der Waals surface area contributed by atoms with Crippen molar-refractivity contribution < 1.29 is 4.79 Å². The minimum absolute atomic E-state index is 0.0415. The molecule has 0 bridgehead atoms. The quantitative estimate of drug-likeness (QED) is 0.820. The zero-order valence-corrected chi connectivity index (χ0v) is 15.5. The van der Waals surface area contributed by atoms with Crippen LogP contribution in [0.1, 0.15) is 35.9 Å². The van der Waals surface area contributed by atoms with Crippen molar-refractivity contribution in [3.05, 3.63) is 63.0 Å². The van der Waals surface area contributed by atoms with Crippen LogP contribution >= 0.6 is 11.6 Å². The van der Waals surface area contributed by atoms with Crippen LogP contribution in [0.4, 0.5) is 0 Å². The van der Waals surface area contributed by atoms with Crippen LogP contribution in [0.2, 0.25) is 5.02 Å². The Bertz CT molecular complexity index is 787. The van der Waals surface area contributed by atoms with Gasteiger partial charge in [0.25, 0.3) is 11.5 Å². The van der Waals surface area contributed by atoms with Crippen molar-refractivity contribution in [1.82, 2.24) is 20.0 Å². The van der Waals surface area contributed by atoms with Crippen LogP contribution < -0.4 is 10.9 Å². The molecular formula is C18H23ClN4O2. The van der Waals surface area contributed by atoms with E-state index in [9.17, 15) is 9.59 Å². The minimum Gasteiger partial charge on any atom is -0.349 e. The lowest BCUT2D eigenvalue weighted by atomic mass is 10.0. The molecule has 0 aliphatic rings. The van der Waals surface area contributed by atoms with E-state index in [1.807, 2.05) is 24.3 Å². The Balaban J connectivity index is 2.19. The van der Waals surface area contributed by atoms with Crippen LogP contribution in [0.5, 0.6) is 0 Å². The molecule has 1 amide bonds. The van der Waals surface area contributed by atoms with Crippen LogP contribution in [0.15, 0.2) is 41.2 Å². The molecule has 0 saturated heterocycles. The first-order valence-electron chi connectivity index (χ1n) is 8.29. The van der Waals surface area contributed by atoms with E-state index in [2.05, 4.69) is 29.2 Å². The van der Waals surface area contributed by atoms with Crippen molar-refractivity contribution in [3.63, 3.8) is 0 Å². The first-order valence-corrected chi connectivity index (χ1v) is 8.66. The SMILES string of the molecule is CCN(CC)[C@@H](CNC(=O)c1ccc(=O)n(C)n1)c1ccccc1Cl. The third-order valence-electron chi connectivity index (χ3n) is 4.17. The number of rotatable bonds is 7. The fourth-order valence-electron chi connectivity index (χ4n) is 2.75. The number of amides is 1. The zero-order chi connectivity index (χ0) is 18.4. The average molecular weight is 363 g/mol. The highest BCUT2D eigenvalue weighted by Crippen LogP contribution is 2.26. The second-order valence-corrected chi connectivity index (χ2v) is 6.06. The minimum atomic E-state index is -0.320. The average Bonchev–Trinajstić information content (AvgIpc) is 2.61. The number of hydrogen-bond acceptors (Lipinski definition) is 4. The normalized spacial score (nSPS) is 12.2. The molecule has 134 valence electrons. The smallest absolute Gasteiger partial charge is 0.271 e. The maximum absolute atomic E-state index is 12.4. The highest BCUT2D eigenvalue weighted by molar-refractivity contribution is 6.31. The van der Waals surface area contributed by atoms with Crippen LogP contribution in [-0.2, 0) is 7.05 Å². The molecule has 0 unspecified atom stereocenters. The largest absolute Gasteiger partial charge is 0.349 e. The lowest BCUT2D eigenvalue weighted by Crippen LogP contribution is -2.38. The van der Waals surface area contributed by atoms with Gasteiger partial charge < -0.3 is 5.32 Å². The third-order valence-corrected chi connectivity index (χ3v) is 4.51. The number of aromatic nitrogens is 2. The third kappa shape index (κ3) is 4.67. The van der Waals surface area contributed by atoms with E-state index in [0.29, 0.717) is 11.6 Å². The first kappa shape index (κ1) is 19.1. The van der Waals surface area contributed by atoms with Crippen molar-refractivity contribution in [2.45, 2.75) is 19.9 Å². The predicted octanol–water partition coefficient (Wildman–Crippen LogP) is 2.25. The van der Waals surface area contributed by atoms with Gasteiger partial charge in [0.15, 0.2) is 0 Å². The summed E-state index contributed by atoms with van der Waals surface area (Å²) < 4.78 is 1.14. The van der Waals surface area contributed by atoms with Gasteiger partial charge in [-0.3, -0.25) is 14.5 Å². The van der Waals surface area contributed by atoms with E-state index in [4.69, 9.17) is 11.6 Å². The topological polar surface area (TPSA) is 67.2 Å². The van der Waals surface area contributed by atoms with Gasteiger partial charge in [-0.25, -0.2) is 4.68 Å². The Morgan fingerprint density at radius 3 is 2.52 bits per heavy atom. The lowest BCUT2D eigenvalue weighted by molar-refractivity contribution is 0.0927. The maximum Gasteiger partial charge on any atom is 0.271 e. The number of hydrogen-bond donors (Lipinski definition) is 1. The molecule has 0 fully saturated rings. The van der Waals surface area contributed by atoms with Gasteiger partial charge >= 0.3 is 0 Å². The van der Waals surface area contributed by atoms with E-state index in [-0.39, 0.29) is 23.2 Å². The van der Waals surface area contributed by atoms with Crippen LogP contribution in [0.3, 0.4) is 0 Å². The number of nitrogens with one attached hydrogen (secondary N) is 1. The summed E-state index contributed by atoms with van der Waals surface area (Å²) in [7, 11) is 1.52. The summed E-state index contributed by atoms with van der Waals surface area (Å²) >= 11 is 6.36. The van der Waals surface area contributed by atoms with Gasteiger partial charge in [-0.15, -0.1) is 0 Å². The second-order valence-electron chi connectivity index (χ2n) is 5.65. The van der Waals surface area contributed by atoms with Gasteiger partial charge in [-0.2, -0.15) is 5.10 Å². The van der Waals surface area contributed by atoms with Crippen LogP contribution in [0.25, 0.3) is 0 Å². The summed E-state index contributed by atoms with van der Waals surface area (Å²) in [6.45, 7) is 6.21. The summed E-state index contributed by atoms with van der Waals surface area (Å²) in [5.41, 5.74) is 0.926. The molecule has 1 aromatic heterocycles. The molecule has 0 aliphatic heterocycles. The van der Waals surface area contributed by atoms with Crippen LogP contribution in [0, 0.1) is 0 Å². The zero-order valence-electron chi connectivity index (χ0n) is 14.7. The van der Waals surface area contributed by atoms with Gasteiger partial charge in [-0.05, 0) is 30.8 Å². The molecule has 1 atom stereocenters. The molecule has 2 rings (SSSR count). The maximum atomic E-state index is 12.4. The summed E-state index contributed by atoms with van der Waals surface area (Å²) in [6.07, 6.45) is 0. The second kappa shape index (κ2) is 8.78. The number of carbonyl (C=O) groups is 1. The molecule has 1 N–H and O–H groups in total. The van der Waals surface area contributed by atoms with Gasteiger partial charge in [0, 0.05) is 24.7 Å². The number of benzene rings is 1. The molecule has 0 radical (unpaired) electrons. The Morgan fingerprint density at radius 2 is 1.92 bits per heavy atom. The number of likely N-dealkylation sites (N-methyl/N-ethyl adjacent to an activating group) is 1. The Morgan fingerprint density at radius 1 is 1.24 bits per heavy atom. The first-order chi connectivity index (χ1) is 12.0. The summed E-state index contributed by atoms with van der Waals surface area (Å²) in [4.78, 5) is 26.0. The molecule has 1 aromatic carbocycles. The molecule has 6 nitrogen and oxygen atoms in total. The number of halogens is 1. The predicted molar refractivity (Wildman–Crippen MR) is 98.9 cm³/mol. The van der Waals surface area contributed by atoms with Gasteiger partial charge in [0.2, 0.25) is 0 Å². The Hall–Kier alpha value is -2.18. The summed E-state index contributed by atoms with van der Waals surface area (Å²) in [6, 6.07) is 10.4. The molecule has 0 saturated carbocycles. The van der Waals surface area contributed by atoms with Gasteiger partial charge in [-0.1, -0.05) is 43.6 Å². The highest BCUT2D eigenvalue weighted by Gasteiger charge is 2.21. The molecule has 25 heavy (non-hydrogen) atoms. The van der Waals surface area contributed by atoms with Crippen molar-refractivity contribution in [3.8, 4) is 0 Å². The van der Waals surface area contributed by atoms with E-state index >= 15 is 0 Å². The molecule has 0 spiro atoms. The standard InChI is InChI=1S/C18H23ClN4O2/c1-4-23(5-2)16(13-8-6-7-9-14(13)19)12-20-18(25)15-10-11-17(24)22(3)21-15/h6-11,16H,4-5,12H2,1-3H3,(H,20,25)/t16-/m0/s1. The Kier molecular flexibility index (Phi) is 6.73. The molecular weight excluding hydrogens is 340 g/mol. The number of carbonyl (C=O) groups excluding carboxylic acids is 1. The fourth-order valence-corrected chi connectivity index (χ4v) is 3.01. The number of nitrogens with zero attached hydrogens (tertiary/aromatic N) is 3.